The van der Waals surface area contributed by atoms with E-state index in [0.717, 1.165) is 12.8 Å². The first kappa shape index (κ1) is 8.57. The molecule has 0 amide bonds. The van der Waals surface area contributed by atoms with Crippen LogP contribution in [-0.4, -0.2) is 11.7 Å². The molecule has 0 heterocycles. The number of hydrogen-bond donors (Lipinski definition) is 2. The third-order valence-corrected chi connectivity index (χ3v) is 2.85. The third kappa shape index (κ3) is 1.54. The van der Waals surface area contributed by atoms with Crippen molar-refractivity contribution >= 4 is 0 Å². The van der Waals surface area contributed by atoms with Crippen molar-refractivity contribution in [3.63, 3.8) is 0 Å². The fourth-order valence-electron chi connectivity index (χ4n) is 2.13. The molecule has 2 heteroatoms. The van der Waals surface area contributed by atoms with Crippen LogP contribution in [0.4, 0.5) is 0 Å². The highest BCUT2D eigenvalue weighted by Crippen LogP contribution is 2.32. The summed E-state index contributed by atoms with van der Waals surface area (Å²) in [6.07, 6.45) is 3.51. The third-order valence-electron chi connectivity index (χ3n) is 2.85. The molecule has 2 rings (SSSR count). The maximum atomic E-state index is 9.36. The van der Waals surface area contributed by atoms with E-state index >= 15 is 0 Å². The standard InChI is InChI=1S/C11H15NO/c12-7-9-3-1-2-8-4-5-10(13)6-11(8)9/h4-6,9,13H,1-3,7,12H2/t9-/m1/s1. The number of aromatic hydroxyl groups is 1. The Labute approximate surface area is 78.4 Å². The van der Waals surface area contributed by atoms with E-state index in [-0.39, 0.29) is 0 Å². The molecule has 1 atom stereocenters. The van der Waals surface area contributed by atoms with E-state index in [9.17, 15) is 5.11 Å². The maximum Gasteiger partial charge on any atom is 0.115 e. The van der Waals surface area contributed by atoms with Gasteiger partial charge in [-0.15, -0.1) is 0 Å². The largest absolute Gasteiger partial charge is 0.508 e. The van der Waals surface area contributed by atoms with Gasteiger partial charge in [0.05, 0.1) is 0 Å². The molecule has 0 fully saturated rings. The molecule has 13 heavy (non-hydrogen) atoms. The van der Waals surface area contributed by atoms with Gasteiger partial charge in [0, 0.05) is 0 Å². The van der Waals surface area contributed by atoms with Crippen LogP contribution in [0.25, 0.3) is 0 Å². The van der Waals surface area contributed by atoms with Crippen molar-refractivity contribution in [1.29, 1.82) is 0 Å². The number of rotatable bonds is 1. The Kier molecular flexibility index (Phi) is 2.23. The number of aryl methyl sites for hydroxylation is 1. The van der Waals surface area contributed by atoms with E-state index in [1.54, 1.807) is 6.07 Å². The summed E-state index contributed by atoms with van der Waals surface area (Å²) in [6.45, 7) is 0.691. The van der Waals surface area contributed by atoms with Crippen LogP contribution in [0.15, 0.2) is 18.2 Å². The lowest BCUT2D eigenvalue weighted by Gasteiger charge is -2.24. The molecule has 0 aliphatic heterocycles. The minimum Gasteiger partial charge on any atom is -0.508 e. The molecule has 0 spiro atoms. The van der Waals surface area contributed by atoms with Gasteiger partial charge in [-0.05, 0) is 55.0 Å². The van der Waals surface area contributed by atoms with Crippen LogP contribution in [0, 0.1) is 0 Å². The Morgan fingerprint density at radius 2 is 2.31 bits per heavy atom. The summed E-state index contributed by atoms with van der Waals surface area (Å²) < 4.78 is 0. The fourth-order valence-corrected chi connectivity index (χ4v) is 2.13. The minimum absolute atomic E-state index is 0.360. The van der Waals surface area contributed by atoms with Crippen LogP contribution < -0.4 is 5.73 Å². The average Bonchev–Trinajstić information content (AvgIpc) is 2.17. The normalized spacial score (nSPS) is 21.2. The van der Waals surface area contributed by atoms with Gasteiger partial charge in [-0.25, -0.2) is 0 Å². The summed E-state index contributed by atoms with van der Waals surface area (Å²) in [5.41, 5.74) is 8.31. The average molecular weight is 177 g/mol. The Hall–Kier alpha value is -1.02. The highest BCUT2D eigenvalue weighted by atomic mass is 16.3. The van der Waals surface area contributed by atoms with Gasteiger partial charge < -0.3 is 10.8 Å². The maximum absolute atomic E-state index is 9.36. The summed E-state index contributed by atoms with van der Waals surface area (Å²) in [7, 11) is 0. The molecule has 1 aliphatic rings. The van der Waals surface area contributed by atoms with Crippen LogP contribution in [0.1, 0.15) is 29.9 Å². The second-order valence-electron chi connectivity index (χ2n) is 3.71. The molecule has 1 aromatic rings. The van der Waals surface area contributed by atoms with Crippen molar-refractivity contribution in [1.82, 2.24) is 0 Å². The first-order valence-corrected chi connectivity index (χ1v) is 4.83. The molecule has 1 aliphatic carbocycles. The number of phenolic OH excluding ortho intramolecular Hbond substituents is 1. The van der Waals surface area contributed by atoms with E-state index in [0.29, 0.717) is 18.2 Å². The summed E-state index contributed by atoms with van der Waals surface area (Å²) in [5, 5.41) is 9.36. The van der Waals surface area contributed by atoms with Gasteiger partial charge in [-0.3, -0.25) is 0 Å². The van der Waals surface area contributed by atoms with E-state index in [1.807, 2.05) is 12.1 Å². The van der Waals surface area contributed by atoms with Gasteiger partial charge >= 0.3 is 0 Å². The van der Waals surface area contributed by atoms with E-state index in [1.165, 1.54) is 17.5 Å². The molecule has 2 nitrogen and oxygen atoms in total. The highest BCUT2D eigenvalue weighted by molar-refractivity contribution is 5.38. The van der Waals surface area contributed by atoms with Crippen molar-refractivity contribution in [2.75, 3.05) is 6.54 Å². The van der Waals surface area contributed by atoms with Crippen molar-refractivity contribution in [2.45, 2.75) is 25.2 Å². The zero-order valence-electron chi connectivity index (χ0n) is 7.66. The monoisotopic (exact) mass is 177 g/mol. The lowest BCUT2D eigenvalue weighted by atomic mass is 9.83. The molecule has 70 valence electrons. The molecular weight excluding hydrogens is 162 g/mol. The number of benzene rings is 1. The number of fused-ring (bicyclic) bond motifs is 1. The first-order valence-electron chi connectivity index (χ1n) is 4.83. The van der Waals surface area contributed by atoms with Gasteiger partial charge in [0.25, 0.3) is 0 Å². The number of nitrogens with two attached hydrogens (primary N) is 1. The van der Waals surface area contributed by atoms with Crippen molar-refractivity contribution in [3.05, 3.63) is 29.3 Å². The lowest BCUT2D eigenvalue weighted by Crippen LogP contribution is -2.17. The molecule has 0 saturated heterocycles. The molecule has 0 aromatic heterocycles. The van der Waals surface area contributed by atoms with Crippen molar-refractivity contribution in [2.24, 2.45) is 5.73 Å². The fraction of sp³-hybridized carbons (Fsp3) is 0.455. The van der Waals surface area contributed by atoms with Crippen molar-refractivity contribution in [3.8, 4) is 5.75 Å². The van der Waals surface area contributed by atoms with Crippen LogP contribution in [0.2, 0.25) is 0 Å². The predicted molar refractivity (Wildman–Crippen MR) is 52.8 cm³/mol. The lowest BCUT2D eigenvalue weighted by molar-refractivity contribution is 0.470. The Balaban J connectivity index is 2.41. The Morgan fingerprint density at radius 1 is 1.46 bits per heavy atom. The van der Waals surface area contributed by atoms with Gasteiger partial charge in [0.15, 0.2) is 0 Å². The molecular formula is C11H15NO. The topological polar surface area (TPSA) is 46.2 Å². The second kappa shape index (κ2) is 3.38. The van der Waals surface area contributed by atoms with Crippen LogP contribution >= 0.6 is 0 Å². The van der Waals surface area contributed by atoms with Crippen LogP contribution in [-0.2, 0) is 6.42 Å². The number of phenols is 1. The predicted octanol–water partition coefficient (Wildman–Crippen LogP) is 1.77. The smallest absolute Gasteiger partial charge is 0.115 e. The van der Waals surface area contributed by atoms with Gasteiger partial charge in [-0.1, -0.05) is 6.07 Å². The summed E-state index contributed by atoms with van der Waals surface area (Å²) >= 11 is 0. The SMILES string of the molecule is NC[C@H]1CCCc2ccc(O)cc21. The summed E-state index contributed by atoms with van der Waals surface area (Å²) in [4.78, 5) is 0. The molecule has 3 N–H and O–H groups in total. The van der Waals surface area contributed by atoms with Crippen LogP contribution in [0.3, 0.4) is 0 Å². The van der Waals surface area contributed by atoms with E-state index in [2.05, 4.69) is 0 Å². The highest BCUT2D eigenvalue weighted by Gasteiger charge is 2.18. The van der Waals surface area contributed by atoms with Crippen molar-refractivity contribution < 1.29 is 5.11 Å². The molecule has 0 saturated carbocycles. The van der Waals surface area contributed by atoms with Gasteiger partial charge in [-0.2, -0.15) is 0 Å². The van der Waals surface area contributed by atoms with Gasteiger partial charge in [0.1, 0.15) is 5.75 Å². The Morgan fingerprint density at radius 3 is 3.08 bits per heavy atom. The quantitative estimate of drug-likeness (QED) is 0.686. The summed E-state index contributed by atoms with van der Waals surface area (Å²) in [6, 6.07) is 5.65. The first-order chi connectivity index (χ1) is 6.31. The Bertz CT molecular complexity index is 309. The van der Waals surface area contributed by atoms with E-state index < -0.39 is 0 Å². The summed E-state index contributed by atoms with van der Waals surface area (Å²) in [5.74, 6) is 0.815. The molecule has 0 radical (unpaired) electrons. The van der Waals surface area contributed by atoms with E-state index in [4.69, 9.17) is 5.73 Å². The molecule has 0 bridgehead atoms. The zero-order chi connectivity index (χ0) is 9.26. The van der Waals surface area contributed by atoms with Crippen LogP contribution in [0.5, 0.6) is 5.75 Å². The van der Waals surface area contributed by atoms with Gasteiger partial charge in [0.2, 0.25) is 0 Å². The molecule has 1 aromatic carbocycles. The zero-order valence-corrected chi connectivity index (χ0v) is 7.66. The second-order valence-corrected chi connectivity index (χ2v) is 3.71. The minimum atomic E-state index is 0.360. The molecule has 0 unspecified atom stereocenters. The number of hydrogen-bond acceptors (Lipinski definition) is 2.